The zero-order valence-corrected chi connectivity index (χ0v) is 10.2. The van der Waals surface area contributed by atoms with Gasteiger partial charge < -0.3 is 0 Å². The normalized spacial score (nSPS) is 26.9. The highest BCUT2D eigenvalue weighted by atomic mass is 15.2. The van der Waals surface area contributed by atoms with Gasteiger partial charge >= 0.3 is 0 Å². The fraction of sp³-hybridized carbons (Fsp3) is 0.600. The summed E-state index contributed by atoms with van der Waals surface area (Å²) in [5.74, 6) is 0.596. The van der Waals surface area contributed by atoms with Crippen LogP contribution in [0.15, 0.2) is 30.3 Å². The molecule has 1 heterocycles. The summed E-state index contributed by atoms with van der Waals surface area (Å²) >= 11 is 0. The van der Waals surface area contributed by atoms with Crippen molar-refractivity contribution in [1.29, 1.82) is 0 Å². The topological polar surface area (TPSA) is 3.24 Å². The maximum atomic E-state index is 7.65. The summed E-state index contributed by atoms with van der Waals surface area (Å²) in [5, 5.41) is 0. The zero-order valence-electron chi connectivity index (χ0n) is 11.2. The largest absolute Gasteiger partial charge is 0.296 e. The molecule has 2 unspecified atom stereocenters. The monoisotopic (exact) mass is 218 g/mol. The predicted octanol–water partition coefficient (Wildman–Crippen LogP) is 3.70. The van der Waals surface area contributed by atoms with E-state index in [1.165, 1.54) is 31.4 Å². The highest BCUT2D eigenvalue weighted by molar-refractivity contribution is 5.14. The van der Waals surface area contributed by atoms with Gasteiger partial charge in [0.25, 0.3) is 0 Å². The summed E-state index contributed by atoms with van der Waals surface area (Å²) < 4.78 is 7.65. The number of hydrogen-bond donors (Lipinski definition) is 0. The molecule has 1 nitrogen and oxygen atoms in total. The third kappa shape index (κ3) is 2.65. The lowest BCUT2D eigenvalue weighted by Crippen LogP contribution is -2.31. The van der Waals surface area contributed by atoms with E-state index in [9.17, 15) is 0 Å². The minimum atomic E-state index is 0.593. The van der Waals surface area contributed by atoms with Crippen LogP contribution in [0.1, 0.15) is 40.0 Å². The summed E-state index contributed by atoms with van der Waals surface area (Å²) in [5.41, 5.74) is 1.40. The second kappa shape index (κ2) is 5.49. The van der Waals surface area contributed by atoms with Gasteiger partial charge in [-0.25, -0.2) is 0 Å². The third-order valence-electron chi connectivity index (χ3n) is 3.61. The smallest absolute Gasteiger partial charge is 0.0236 e. The molecular formula is C15H23N. The summed E-state index contributed by atoms with van der Waals surface area (Å²) in [4.78, 5) is 2.58. The second-order valence-corrected chi connectivity index (χ2v) is 4.86. The molecule has 1 saturated heterocycles. The van der Waals surface area contributed by atoms with Crippen molar-refractivity contribution in [1.82, 2.24) is 4.90 Å². The Kier molecular flexibility index (Phi) is 3.55. The van der Waals surface area contributed by atoms with Crippen molar-refractivity contribution >= 4 is 0 Å². The first-order chi connectivity index (χ1) is 8.35. The number of rotatable bonds is 4. The van der Waals surface area contributed by atoms with E-state index in [4.69, 9.17) is 1.37 Å². The minimum absolute atomic E-state index is 0.593. The molecule has 1 aliphatic heterocycles. The van der Waals surface area contributed by atoms with Crippen molar-refractivity contribution in [2.75, 3.05) is 6.54 Å². The fourth-order valence-corrected chi connectivity index (χ4v) is 2.72. The quantitative estimate of drug-likeness (QED) is 0.745. The van der Waals surface area contributed by atoms with Crippen LogP contribution >= 0.6 is 0 Å². The fourth-order valence-electron chi connectivity index (χ4n) is 2.72. The molecule has 0 radical (unpaired) electrons. The molecule has 1 fully saturated rings. The number of likely N-dealkylation sites (tertiary alicyclic amines) is 1. The highest BCUT2D eigenvalue weighted by Crippen LogP contribution is 2.28. The first-order valence-corrected chi connectivity index (χ1v) is 6.42. The molecule has 16 heavy (non-hydrogen) atoms. The number of nitrogens with zero attached hydrogens (tertiary/aromatic N) is 1. The first kappa shape index (κ1) is 10.3. The minimum Gasteiger partial charge on any atom is -0.296 e. The van der Waals surface area contributed by atoms with Crippen LogP contribution in [0.4, 0.5) is 0 Å². The second-order valence-electron chi connectivity index (χ2n) is 4.86. The van der Waals surface area contributed by atoms with Crippen LogP contribution in [0.5, 0.6) is 0 Å². The molecule has 2 rings (SSSR count). The van der Waals surface area contributed by atoms with E-state index < -0.39 is 0 Å². The van der Waals surface area contributed by atoms with Crippen molar-refractivity contribution in [2.45, 2.75) is 45.7 Å². The lowest BCUT2D eigenvalue weighted by atomic mass is 9.98. The molecule has 0 aromatic heterocycles. The van der Waals surface area contributed by atoms with Crippen LogP contribution in [0.2, 0.25) is 0 Å². The van der Waals surface area contributed by atoms with Crippen molar-refractivity contribution in [3.05, 3.63) is 35.9 Å². The van der Waals surface area contributed by atoms with Crippen LogP contribution in [0.25, 0.3) is 0 Å². The van der Waals surface area contributed by atoms with Crippen LogP contribution < -0.4 is 0 Å². The van der Waals surface area contributed by atoms with Gasteiger partial charge in [0.05, 0.1) is 0 Å². The Morgan fingerprint density at radius 2 is 2.19 bits per heavy atom. The van der Waals surface area contributed by atoms with Crippen LogP contribution in [-0.4, -0.2) is 17.5 Å². The van der Waals surface area contributed by atoms with E-state index in [2.05, 4.69) is 42.2 Å². The molecule has 0 N–H and O–H groups in total. The van der Waals surface area contributed by atoms with E-state index >= 15 is 0 Å². The summed E-state index contributed by atoms with van der Waals surface area (Å²) in [6.07, 6.45) is 3.68. The molecule has 0 aliphatic carbocycles. The van der Waals surface area contributed by atoms with Gasteiger partial charge in [-0.1, -0.05) is 50.6 Å². The first-order valence-electron chi connectivity index (χ1n) is 7.13. The number of benzene rings is 1. The summed E-state index contributed by atoms with van der Waals surface area (Å²) in [7, 11) is 0. The average molecular weight is 218 g/mol. The van der Waals surface area contributed by atoms with Gasteiger partial charge in [-0.05, 0) is 30.9 Å². The molecule has 0 spiro atoms. The van der Waals surface area contributed by atoms with E-state index in [1.807, 2.05) is 0 Å². The molecule has 1 aliphatic rings. The van der Waals surface area contributed by atoms with E-state index in [1.54, 1.807) is 0 Å². The Morgan fingerprint density at radius 3 is 2.88 bits per heavy atom. The summed E-state index contributed by atoms with van der Waals surface area (Å²) in [6.45, 7) is 5.07. The van der Waals surface area contributed by atoms with Crippen LogP contribution in [-0.2, 0) is 6.54 Å². The molecule has 0 bridgehead atoms. The highest BCUT2D eigenvalue weighted by Gasteiger charge is 2.29. The Labute approximate surface area is 101 Å². The van der Waals surface area contributed by atoms with E-state index in [0.717, 1.165) is 6.54 Å². The third-order valence-corrected chi connectivity index (χ3v) is 3.61. The Balaban J connectivity index is 2.00. The van der Waals surface area contributed by atoms with E-state index in [-0.39, 0.29) is 0 Å². The molecule has 1 aromatic carbocycles. The molecular weight excluding hydrogens is 194 g/mol. The van der Waals surface area contributed by atoms with Crippen molar-refractivity contribution in [2.24, 2.45) is 5.92 Å². The van der Waals surface area contributed by atoms with Gasteiger partial charge in [-0.2, -0.15) is 0 Å². The van der Waals surface area contributed by atoms with Gasteiger partial charge in [0.2, 0.25) is 0 Å². The Morgan fingerprint density at radius 1 is 1.38 bits per heavy atom. The zero-order chi connectivity index (χ0) is 12.1. The van der Waals surface area contributed by atoms with Gasteiger partial charge in [0.1, 0.15) is 0 Å². The van der Waals surface area contributed by atoms with Crippen molar-refractivity contribution < 1.29 is 1.37 Å². The lowest BCUT2D eigenvalue weighted by molar-refractivity contribution is 0.210. The molecule has 2 atom stereocenters. The molecule has 88 valence electrons. The predicted molar refractivity (Wildman–Crippen MR) is 69.3 cm³/mol. The standard InChI is InChI=1S/C15H23N/c1-3-7-15-13(2)10-11-16(15)12-14-8-5-4-6-9-14/h4-6,8-9,13,15H,3,7,10-12H2,1-2H3/i2D. The molecule has 1 heteroatoms. The molecule has 0 amide bonds. The molecule has 1 aromatic rings. The summed E-state index contributed by atoms with van der Waals surface area (Å²) in [6, 6.07) is 11.3. The Bertz CT molecular complexity index is 325. The average Bonchev–Trinajstić information content (AvgIpc) is 2.74. The van der Waals surface area contributed by atoms with Crippen LogP contribution in [0.3, 0.4) is 0 Å². The van der Waals surface area contributed by atoms with Gasteiger partial charge in [-0.15, -0.1) is 0 Å². The van der Waals surface area contributed by atoms with E-state index in [0.29, 0.717) is 18.9 Å². The maximum Gasteiger partial charge on any atom is 0.0236 e. The molecule has 0 saturated carbocycles. The van der Waals surface area contributed by atoms with Gasteiger partial charge in [0, 0.05) is 14.0 Å². The van der Waals surface area contributed by atoms with Gasteiger partial charge in [0.15, 0.2) is 0 Å². The Hall–Kier alpha value is -0.820. The SMILES string of the molecule is [2H]CC1CCN(Cc2ccccc2)C1CCC. The van der Waals surface area contributed by atoms with Crippen molar-refractivity contribution in [3.63, 3.8) is 0 Å². The van der Waals surface area contributed by atoms with Gasteiger partial charge in [-0.3, -0.25) is 4.90 Å². The maximum absolute atomic E-state index is 7.65. The van der Waals surface area contributed by atoms with Crippen molar-refractivity contribution in [3.8, 4) is 0 Å². The number of hydrogen-bond acceptors (Lipinski definition) is 1. The van der Waals surface area contributed by atoms with Crippen LogP contribution in [0, 0.1) is 5.92 Å². The lowest BCUT2D eigenvalue weighted by Gasteiger charge is -2.26.